The molecule has 0 fully saturated rings. The summed E-state index contributed by atoms with van der Waals surface area (Å²) >= 11 is 13.6. The fourth-order valence-corrected chi connectivity index (χ4v) is 4.85. The maximum absolute atomic E-state index is 13.4. The van der Waals surface area contributed by atoms with Crippen LogP contribution in [0.5, 0.6) is 11.5 Å². The standard InChI is InChI=1S/C28H24Br2ClN3O5/c1-4-15(2)26-33-21-9-8-19(29)12-20(21)27(35)34(26)32-13-18-11-22(38-3)25(24(31)23(18)30)39-14-16-6-5-7-17(10-16)28(36)37/h5-13,15H,4,14H2,1-3H3,(H,36,37)/t15-/m0/s1. The Kier molecular flexibility index (Phi) is 9.09. The van der Waals surface area contributed by atoms with Crippen LogP contribution in [0.3, 0.4) is 0 Å². The quantitative estimate of drug-likeness (QED) is 0.187. The van der Waals surface area contributed by atoms with Crippen molar-refractivity contribution in [2.75, 3.05) is 7.11 Å². The molecule has 1 atom stereocenters. The molecule has 1 heterocycles. The van der Waals surface area contributed by atoms with E-state index < -0.39 is 5.97 Å². The number of carboxylic acid groups (broad SMARTS) is 1. The number of aromatic nitrogens is 2. The normalized spacial score (nSPS) is 12.2. The largest absolute Gasteiger partial charge is 0.493 e. The Morgan fingerprint density at radius 1 is 1.23 bits per heavy atom. The number of nitrogens with zero attached hydrogens (tertiary/aromatic N) is 3. The van der Waals surface area contributed by atoms with Crippen LogP contribution >= 0.6 is 43.5 Å². The van der Waals surface area contributed by atoms with Gasteiger partial charge in [0.1, 0.15) is 17.5 Å². The number of hydrogen-bond acceptors (Lipinski definition) is 6. The Labute approximate surface area is 246 Å². The molecule has 0 spiro atoms. The first-order valence-corrected chi connectivity index (χ1v) is 13.9. The maximum Gasteiger partial charge on any atom is 0.335 e. The zero-order chi connectivity index (χ0) is 28.3. The highest BCUT2D eigenvalue weighted by atomic mass is 79.9. The number of aromatic carboxylic acids is 1. The molecule has 0 aliphatic heterocycles. The van der Waals surface area contributed by atoms with Crippen molar-refractivity contribution in [2.45, 2.75) is 32.8 Å². The third-order valence-corrected chi connectivity index (χ3v) is 8.07. The molecule has 1 aromatic heterocycles. The zero-order valence-corrected chi connectivity index (χ0v) is 25.2. The lowest BCUT2D eigenvalue weighted by Crippen LogP contribution is -2.23. The van der Waals surface area contributed by atoms with Crippen molar-refractivity contribution >= 4 is 66.5 Å². The Morgan fingerprint density at radius 2 is 2.00 bits per heavy atom. The fraction of sp³-hybridized carbons (Fsp3) is 0.214. The van der Waals surface area contributed by atoms with Gasteiger partial charge in [0.15, 0.2) is 11.5 Å². The van der Waals surface area contributed by atoms with E-state index in [1.165, 1.54) is 30.1 Å². The van der Waals surface area contributed by atoms with E-state index in [0.29, 0.717) is 38.1 Å². The van der Waals surface area contributed by atoms with Gasteiger partial charge in [-0.15, -0.1) is 0 Å². The summed E-state index contributed by atoms with van der Waals surface area (Å²) in [7, 11) is 1.48. The highest BCUT2D eigenvalue weighted by Crippen LogP contribution is 2.42. The highest BCUT2D eigenvalue weighted by Gasteiger charge is 2.19. The summed E-state index contributed by atoms with van der Waals surface area (Å²) in [4.78, 5) is 29.4. The number of fused-ring (bicyclic) bond motifs is 1. The predicted molar refractivity (Wildman–Crippen MR) is 159 cm³/mol. The number of carbonyl (C=O) groups is 1. The number of rotatable bonds is 9. The summed E-state index contributed by atoms with van der Waals surface area (Å²) in [6.45, 7) is 4.09. The van der Waals surface area contributed by atoms with Crippen LogP contribution in [-0.2, 0) is 6.61 Å². The molecular weight excluding hydrogens is 654 g/mol. The third-order valence-electron chi connectivity index (χ3n) is 6.13. The lowest BCUT2D eigenvalue weighted by Gasteiger charge is -2.16. The zero-order valence-electron chi connectivity index (χ0n) is 21.2. The van der Waals surface area contributed by atoms with Gasteiger partial charge in [-0.1, -0.05) is 53.5 Å². The second-order valence-electron chi connectivity index (χ2n) is 8.72. The van der Waals surface area contributed by atoms with E-state index in [2.05, 4.69) is 37.0 Å². The SMILES string of the molecule is CC[C@H](C)c1nc2ccc(Br)cc2c(=O)n1N=Cc1cc(OC)c(OCc2cccc(C(=O)O)c2)c(Cl)c1Br. The van der Waals surface area contributed by atoms with Crippen molar-refractivity contribution in [3.63, 3.8) is 0 Å². The molecule has 3 aromatic carbocycles. The molecule has 11 heteroatoms. The van der Waals surface area contributed by atoms with E-state index in [9.17, 15) is 14.7 Å². The minimum atomic E-state index is -1.02. The number of benzene rings is 3. The number of ether oxygens (including phenoxy) is 2. The molecule has 0 unspecified atom stereocenters. The Balaban J connectivity index is 1.73. The van der Waals surface area contributed by atoms with Crippen molar-refractivity contribution < 1.29 is 19.4 Å². The molecule has 4 rings (SSSR count). The summed E-state index contributed by atoms with van der Waals surface area (Å²) in [5.74, 6) is 0.127. The van der Waals surface area contributed by atoms with Crippen molar-refractivity contribution in [3.8, 4) is 11.5 Å². The van der Waals surface area contributed by atoms with E-state index >= 15 is 0 Å². The molecule has 1 N–H and O–H groups in total. The predicted octanol–water partition coefficient (Wildman–Crippen LogP) is 7.26. The first kappa shape index (κ1) is 28.8. The monoisotopic (exact) mass is 675 g/mol. The van der Waals surface area contributed by atoms with Crippen LogP contribution in [-0.4, -0.2) is 34.1 Å². The summed E-state index contributed by atoms with van der Waals surface area (Å²) in [5.41, 5.74) is 1.68. The van der Waals surface area contributed by atoms with Gasteiger partial charge >= 0.3 is 5.97 Å². The molecule has 0 saturated carbocycles. The van der Waals surface area contributed by atoms with Gasteiger partial charge in [-0.05, 0) is 64.3 Å². The van der Waals surface area contributed by atoms with Gasteiger partial charge in [-0.3, -0.25) is 4.79 Å². The smallest absolute Gasteiger partial charge is 0.335 e. The van der Waals surface area contributed by atoms with Gasteiger partial charge in [-0.25, -0.2) is 9.78 Å². The number of halogens is 3. The van der Waals surface area contributed by atoms with Gasteiger partial charge in [0.25, 0.3) is 5.56 Å². The molecule has 0 radical (unpaired) electrons. The minimum absolute atomic E-state index is 0.0140. The van der Waals surface area contributed by atoms with Crippen LogP contribution in [0.1, 0.15) is 53.5 Å². The van der Waals surface area contributed by atoms with Gasteiger partial charge in [-0.2, -0.15) is 9.78 Å². The molecular formula is C28H24Br2ClN3O5. The van der Waals surface area contributed by atoms with Crippen LogP contribution < -0.4 is 15.0 Å². The summed E-state index contributed by atoms with van der Waals surface area (Å²) in [5, 5.41) is 14.4. The van der Waals surface area contributed by atoms with E-state index in [1.54, 1.807) is 30.3 Å². The molecule has 4 aromatic rings. The molecule has 8 nitrogen and oxygen atoms in total. The molecule has 0 amide bonds. The van der Waals surface area contributed by atoms with E-state index in [4.69, 9.17) is 26.1 Å². The van der Waals surface area contributed by atoms with E-state index in [1.807, 2.05) is 19.9 Å². The van der Waals surface area contributed by atoms with Crippen molar-refractivity contribution in [1.29, 1.82) is 0 Å². The van der Waals surface area contributed by atoms with E-state index in [0.717, 1.165) is 10.9 Å². The molecule has 0 saturated heterocycles. The van der Waals surface area contributed by atoms with Gasteiger partial charge in [0.05, 0.1) is 29.8 Å². The highest BCUT2D eigenvalue weighted by molar-refractivity contribution is 9.10. The van der Waals surface area contributed by atoms with Gasteiger partial charge in [0, 0.05) is 20.4 Å². The lowest BCUT2D eigenvalue weighted by atomic mass is 10.1. The van der Waals surface area contributed by atoms with Crippen LogP contribution in [0.25, 0.3) is 10.9 Å². The molecule has 0 aliphatic carbocycles. The number of hydrogen-bond donors (Lipinski definition) is 1. The summed E-state index contributed by atoms with van der Waals surface area (Å²) in [6, 6.07) is 13.5. The number of methoxy groups -OCH3 is 1. The second kappa shape index (κ2) is 12.3. The average molecular weight is 678 g/mol. The van der Waals surface area contributed by atoms with Gasteiger partial charge in [0.2, 0.25) is 0 Å². The minimum Gasteiger partial charge on any atom is -0.493 e. The summed E-state index contributed by atoms with van der Waals surface area (Å²) < 4.78 is 14.0. The fourth-order valence-electron chi connectivity index (χ4n) is 3.83. The first-order chi connectivity index (χ1) is 18.6. The Morgan fingerprint density at radius 3 is 2.69 bits per heavy atom. The molecule has 202 valence electrons. The topological polar surface area (TPSA) is 103 Å². The maximum atomic E-state index is 13.4. The van der Waals surface area contributed by atoms with Crippen LogP contribution in [0, 0.1) is 0 Å². The first-order valence-electron chi connectivity index (χ1n) is 11.9. The molecule has 0 aliphatic rings. The van der Waals surface area contributed by atoms with Crippen LogP contribution in [0.2, 0.25) is 5.02 Å². The third kappa shape index (κ3) is 6.18. The van der Waals surface area contributed by atoms with Crippen LogP contribution in [0.4, 0.5) is 0 Å². The number of carboxylic acids is 1. The van der Waals surface area contributed by atoms with Gasteiger partial charge < -0.3 is 14.6 Å². The summed E-state index contributed by atoms with van der Waals surface area (Å²) in [6.07, 6.45) is 2.28. The van der Waals surface area contributed by atoms with Crippen molar-refractivity contribution in [3.05, 3.63) is 95.4 Å². The Bertz CT molecular complexity index is 1660. The van der Waals surface area contributed by atoms with Crippen molar-refractivity contribution in [1.82, 2.24) is 9.66 Å². The average Bonchev–Trinajstić information content (AvgIpc) is 2.93. The Hall–Kier alpha value is -3.21. The lowest BCUT2D eigenvalue weighted by molar-refractivity contribution is 0.0696. The van der Waals surface area contributed by atoms with E-state index in [-0.39, 0.29) is 34.4 Å². The molecule has 0 bridgehead atoms. The second-order valence-corrected chi connectivity index (χ2v) is 10.8. The van der Waals surface area contributed by atoms with Crippen molar-refractivity contribution in [2.24, 2.45) is 5.10 Å². The molecule has 39 heavy (non-hydrogen) atoms. The van der Waals surface area contributed by atoms with Crippen LogP contribution in [0.15, 0.2) is 67.4 Å².